The topological polar surface area (TPSA) is 58.3 Å². The number of likely N-dealkylation sites (tertiary alicyclic amines) is 1. The van der Waals surface area contributed by atoms with E-state index in [9.17, 15) is 10.1 Å². The first kappa shape index (κ1) is 20.0. The summed E-state index contributed by atoms with van der Waals surface area (Å²) in [4.78, 5) is 16.5. The molecule has 0 N–H and O–H groups in total. The van der Waals surface area contributed by atoms with Gasteiger partial charge in [0.2, 0.25) is 0 Å². The van der Waals surface area contributed by atoms with E-state index in [2.05, 4.69) is 16.7 Å². The number of benzene rings is 1. The third kappa shape index (κ3) is 3.01. The minimum atomic E-state index is -0.755. The number of carbonyl (C=O) groups excluding carboxylic acids is 1. The van der Waals surface area contributed by atoms with Crippen molar-refractivity contribution in [2.45, 2.75) is 38.3 Å². The van der Waals surface area contributed by atoms with Gasteiger partial charge in [-0.25, -0.2) is 0 Å². The summed E-state index contributed by atoms with van der Waals surface area (Å²) in [5, 5.41) is 11.8. The Morgan fingerprint density at radius 3 is 2.84 bits per heavy atom. The highest BCUT2D eigenvalue weighted by Gasteiger charge is 2.42. The molecular weight excluding hydrogens is 405 g/mol. The van der Waals surface area contributed by atoms with Crippen LogP contribution < -0.4 is 10.2 Å². The van der Waals surface area contributed by atoms with Crippen LogP contribution in [0, 0.1) is 11.3 Å². The van der Waals surface area contributed by atoms with Crippen LogP contribution in [0.3, 0.4) is 0 Å². The molecule has 2 aliphatic rings. The van der Waals surface area contributed by atoms with E-state index >= 15 is 0 Å². The molecule has 2 aromatic heterocycles. The predicted octanol–water partition coefficient (Wildman–Crippen LogP) is 3.76. The summed E-state index contributed by atoms with van der Waals surface area (Å²) in [6.45, 7) is 3.16. The Morgan fingerprint density at radius 1 is 1.29 bits per heavy atom. The highest BCUT2D eigenvalue weighted by atomic mass is 32.1. The first-order chi connectivity index (χ1) is 15.0. The van der Waals surface area contributed by atoms with Crippen LogP contribution in [0.15, 0.2) is 35.7 Å². The number of aryl methyl sites for hydroxylation is 1. The number of hydrogen-bond acceptors (Lipinski definition) is 4. The number of thiophene rings is 1. The van der Waals surface area contributed by atoms with Crippen molar-refractivity contribution in [3.05, 3.63) is 47.0 Å². The lowest BCUT2D eigenvalue weighted by Crippen LogP contribution is -2.44. The van der Waals surface area contributed by atoms with Gasteiger partial charge >= 0.3 is 0 Å². The maximum atomic E-state index is 13.7. The van der Waals surface area contributed by atoms with Gasteiger partial charge in [0.05, 0.1) is 18.9 Å². The lowest BCUT2D eigenvalue weighted by Gasteiger charge is -2.30. The molecule has 31 heavy (non-hydrogen) atoms. The monoisotopic (exact) mass is 427 g/mol. The van der Waals surface area contributed by atoms with Crippen molar-refractivity contribution in [2.24, 2.45) is 0 Å². The van der Waals surface area contributed by atoms with Crippen LogP contribution in [0.1, 0.15) is 35.8 Å². The maximum Gasteiger partial charge on any atom is 0.271 e. The van der Waals surface area contributed by atoms with E-state index in [0.29, 0.717) is 36.4 Å². The molecule has 0 bridgehead atoms. The molecule has 0 aliphatic carbocycles. The maximum absolute atomic E-state index is 13.7. The zero-order chi connectivity index (χ0) is 21.8. The molecule has 2 aliphatic heterocycles. The molecule has 1 saturated heterocycles. The number of ether oxygens (including phenoxy) is 1. The van der Waals surface area contributed by atoms with Gasteiger partial charge in [0.15, 0.2) is 0 Å². The average Bonchev–Trinajstić information content (AvgIpc) is 3.51. The lowest BCUT2D eigenvalue weighted by molar-refractivity contribution is 0.0682. The third-order valence-corrected chi connectivity index (χ3v) is 7.45. The Bertz CT molecular complexity index is 1220. The third-order valence-electron chi connectivity index (χ3n) is 6.55. The summed E-state index contributed by atoms with van der Waals surface area (Å²) >= 11 is 1.65. The van der Waals surface area contributed by atoms with E-state index in [4.69, 9.17) is 12.6 Å². The second-order valence-corrected chi connectivity index (χ2v) is 9.32. The van der Waals surface area contributed by atoms with Gasteiger partial charge < -0.3 is 14.2 Å². The number of aromatic nitrogens is 1. The van der Waals surface area contributed by atoms with Gasteiger partial charge in [-0.05, 0) is 55.3 Å². The van der Waals surface area contributed by atoms with Gasteiger partial charge in [-0.15, -0.1) is 11.3 Å². The first-order valence-electron chi connectivity index (χ1n) is 10.4. The number of rotatable bonds is 3. The van der Waals surface area contributed by atoms with E-state index < -0.39 is 5.54 Å². The van der Waals surface area contributed by atoms with Crippen LogP contribution in [0.5, 0.6) is 5.75 Å². The number of methoxy groups -OCH3 is 1. The molecule has 3 aromatic rings. The van der Waals surface area contributed by atoms with Gasteiger partial charge in [-0.2, -0.15) is 5.26 Å². The molecule has 0 saturated carbocycles. The summed E-state index contributed by atoms with van der Waals surface area (Å²) < 4.78 is 7.54. The van der Waals surface area contributed by atoms with Gasteiger partial charge in [0, 0.05) is 29.1 Å². The molecule has 1 atom stereocenters. The summed E-state index contributed by atoms with van der Waals surface area (Å²) in [5.74, 6) is 0.602. The van der Waals surface area contributed by atoms with Crippen molar-refractivity contribution in [3.63, 3.8) is 0 Å². The molecular formula is C24H22BN3O2S. The Labute approximate surface area is 187 Å². The predicted molar refractivity (Wildman–Crippen MR) is 123 cm³/mol. The standard InChI is InChI=1S/C24H22BN3O2S/c1-24(14-26)7-4-8-28(24)23(29)19-13-17(21-5-3-10-31-21)22-16-12-18(25)20(30-2)11-15(16)6-9-27(19)22/h3,5,10-13H,4,6-9H2,1-2H3/t24-/m1/s1. The molecule has 1 amide bonds. The van der Waals surface area contributed by atoms with E-state index in [1.807, 2.05) is 36.6 Å². The number of nitrogens with zero attached hydrogens (tertiary/aromatic N) is 3. The van der Waals surface area contributed by atoms with Crippen molar-refractivity contribution in [3.8, 4) is 33.5 Å². The van der Waals surface area contributed by atoms with Crippen LogP contribution >= 0.6 is 11.3 Å². The molecule has 2 radical (unpaired) electrons. The van der Waals surface area contributed by atoms with Crippen LogP contribution in [0.4, 0.5) is 0 Å². The van der Waals surface area contributed by atoms with E-state index in [-0.39, 0.29) is 5.91 Å². The van der Waals surface area contributed by atoms with Crippen molar-refractivity contribution in [2.75, 3.05) is 13.7 Å². The summed E-state index contributed by atoms with van der Waals surface area (Å²) in [7, 11) is 7.88. The fourth-order valence-electron chi connectivity index (χ4n) is 4.89. The van der Waals surface area contributed by atoms with Crippen molar-refractivity contribution < 1.29 is 9.53 Å². The first-order valence-corrected chi connectivity index (χ1v) is 11.3. The minimum Gasteiger partial charge on any atom is -0.497 e. The quantitative estimate of drug-likeness (QED) is 0.599. The fourth-order valence-corrected chi connectivity index (χ4v) is 5.63. The van der Waals surface area contributed by atoms with Gasteiger partial charge in [0.1, 0.15) is 24.8 Å². The number of amides is 1. The molecule has 0 spiro atoms. The average molecular weight is 427 g/mol. The lowest BCUT2D eigenvalue weighted by atomic mass is 9.86. The summed E-state index contributed by atoms with van der Waals surface area (Å²) in [6.07, 6.45) is 2.34. The van der Waals surface area contributed by atoms with E-state index in [1.54, 1.807) is 23.3 Å². The number of fused-ring (bicyclic) bond motifs is 3. The summed E-state index contributed by atoms with van der Waals surface area (Å²) in [6, 6.07) is 12.4. The molecule has 0 unspecified atom stereocenters. The molecule has 7 heteroatoms. The number of nitriles is 1. The zero-order valence-electron chi connectivity index (χ0n) is 17.6. The Balaban J connectivity index is 1.71. The summed E-state index contributed by atoms with van der Waals surface area (Å²) in [5.41, 5.74) is 4.71. The molecule has 154 valence electrons. The van der Waals surface area contributed by atoms with E-state index in [1.165, 1.54) is 0 Å². The molecule has 5 nitrogen and oxygen atoms in total. The van der Waals surface area contributed by atoms with Gasteiger partial charge in [-0.1, -0.05) is 17.6 Å². The Morgan fingerprint density at radius 2 is 2.13 bits per heavy atom. The zero-order valence-corrected chi connectivity index (χ0v) is 18.5. The second kappa shape index (κ2) is 7.31. The van der Waals surface area contributed by atoms with Crippen molar-refractivity contribution >= 4 is 30.6 Å². The Hall–Kier alpha value is -2.98. The SMILES string of the molecule is [B]c1cc2c(cc1OC)CCn1c(C(=O)N3CCC[C@]3(C)C#N)cc(-c3cccs3)c1-2. The molecule has 4 heterocycles. The number of hydrogen-bond donors (Lipinski definition) is 0. The van der Waals surface area contributed by atoms with Crippen LogP contribution in [-0.2, 0) is 13.0 Å². The highest BCUT2D eigenvalue weighted by Crippen LogP contribution is 2.43. The molecule has 1 aromatic carbocycles. The Kier molecular flexibility index (Phi) is 4.71. The van der Waals surface area contributed by atoms with Gasteiger partial charge in [0.25, 0.3) is 5.91 Å². The fraction of sp³-hybridized carbons (Fsp3) is 0.333. The number of carbonyl (C=O) groups is 1. The second-order valence-electron chi connectivity index (χ2n) is 8.37. The molecule has 1 fully saturated rings. The van der Waals surface area contributed by atoms with E-state index in [0.717, 1.165) is 40.1 Å². The largest absolute Gasteiger partial charge is 0.497 e. The van der Waals surface area contributed by atoms with Crippen molar-refractivity contribution in [1.82, 2.24) is 9.47 Å². The molecule has 5 rings (SSSR count). The van der Waals surface area contributed by atoms with Crippen LogP contribution in [-0.4, -0.2) is 42.4 Å². The van der Waals surface area contributed by atoms with Crippen LogP contribution in [0.25, 0.3) is 21.7 Å². The van der Waals surface area contributed by atoms with Gasteiger partial charge in [-0.3, -0.25) is 4.79 Å². The highest BCUT2D eigenvalue weighted by molar-refractivity contribution is 7.13. The van der Waals surface area contributed by atoms with Crippen LogP contribution in [0.2, 0.25) is 0 Å². The minimum absolute atomic E-state index is 0.0736. The smallest absolute Gasteiger partial charge is 0.271 e. The van der Waals surface area contributed by atoms with Crippen molar-refractivity contribution in [1.29, 1.82) is 5.26 Å². The normalized spacial score (nSPS) is 19.6.